The Labute approximate surface area is 85.5 Å². The van der Waals surface area contributed by atoms with Crippen molar-refractivity contribution in [3.05, 3.63) is 39.7 Å². The van der Waals surface area contributed by atoms with Crippen molar-refractivity contribution < 1.29 is 14.4 Å². The first-order valence-electron chi connectivity index (χ1n) is 4.36. The summed E-state index contributed by atoms with van der Waals surface area (Å²) >= 11 is 0. The van der Waals surface area contributed by atoms with Crippen LogP contribution in [-0.2, 0) is 0 Å². The molecule has 0 spiro atoms. The van der Waals surface area contributed by atoms with Gasteiger partial charge in [0.25, 0.3) is 5.69 Å². The molecule has 0 aromatic heterocycles. The summed E-state index contributed by atoms with van der Waals surface area (Å²) in [7, 11) is 0. The Hall–Kier alpha value is -1.53. The van der Waals surface area contributed by atoms with Crippen LogP contribution in [-0.4, -0.2) is 16.6 Å². The number of benzene rings is 1. The lowest BCUT2D eigenvalue weighted by molar-refractivity contribution is -0.385. The summed E-state index contributed by atoms with van der Waals surface area (Å²) in [5.41, 5.74) is 5.46. The summed E-state index contributed by atoms with van der Waals surface area (Å²) in [5, 5.41) is 19.3. The highest BCUT2D eigenvalue weighted by molar-refractivity contribution is 5.42. The number of aliphatic hydroxyl groups excluding tert-OH is 1. The van der Waals surface area contributed by atoms with E-state index in [1.165, 1.54) is 0 Å². The first-order chi connectivity index (χ1) is 7.06. The van der Waals surface area contributed by atoms with Gasteiger partial charge in [-0.05, 0) is 18.6 Å². The van der Waals surface area contributed by atoms with Crippen LogP contribution in [0.1, 0.15) is 18.0 Å². The highest BCUT2D eigenvalue weighted by Gasteiger charge is 2.19. The number of hydrogen-bond donors (Lipinski definition) is 2. The molecule has 6 heteroatoms. The molecule has 0 bridgehead atoms. The van der Waals surface area contributed by atoms with Crippen LogP contribution in [0, 0.1) is 15.9 Å². The molecule has 82 valence electrons. The summed E-state index contributed by atoms with van der Waals surface area (Å²) in [6.45, 7) is -0.200. The van der Waals surface area contributed by atoms with E-state index >= 15 is 0 Å². The van der Waals surface area contributed by atoms with Crippen LogP contribution in [0.2, 0.25) is 0 Å². The van der Waals surface area contributed by atoms with Crippen LogP contribution in [0.25, 0.3) is 0 Å². The quantitative estimate of drug-likeness (QED) is 0.580. The van der Waals surface area contributed by atoms with Crippen molar-refractivity contribution in [2.75, 3.05) is 6.61 Å². The molecule has 0 fully saturated rings. The SMILES string of the molecule is NC(CCO)c1cc(F)ccc1[N+](=O)[O-]. The fourth-order valence-electron chi connectivity index (χ4n) is 1.28. The number of aliphatic hydroxyl groups is 1. The number of nitro groups is 1. The number of nitrogens with two attached hydrogens (primary N) is 1. The fraction of sp³-hybridized carbons (Fsp3) is 0.333. The lowest BCUT2D eigenvalue weighted by Gasteiger charge is -2.10. The Morgan fingerprint density at radius 1 is 1.60 bits per heavy atom. The molecule has 0 radical (unpaired) electrons. The molecular weight excluding hydrogens is 203 g/mol. The first kappa shape index (κ1) is 11.5. The summed E-state index contributed by atoms with van der Waals surface area (Å²) in [6, 6.07) is 2.37. The second kappa shape index (κ2) is 4.81. The van der Waals surface area contributed by atoms with Crippen molar-refractivity contribution in [1.82, 2.24) is 0 Å². The van der Waals surface area contributed by atoms with E-state index in [2.05, 4.69) is 0 Å². The molecule has 1 atom stereocenters. The number of hydrogen-bond acceptors (Lipinski definition) is 4. The minimum Gasteiger partial charge on any atom is -0.396 e. The van der Waals surface area contributed by atoms with Gasteiger partial charge in [0.1, 0.15) is 5.82 Å². The smallest absolute Gasteiger partial charge is 0.274 e. The average Bonchev–Trinajstić information content (AvgIpc) is 2.17. The van der Waals surface area contributed by atoms with Gasteiger partial charge in [0.15, 0.2) is 0 Å². The highest BCUT2D eigenvalue weighted by Crippen LogP contribution is 2.26. The Morgan fingerprint density at radius 3 is 2.80 bits per heavy atom. The number of nitro benzene ring substituents is 1. The molecule has 0 aliphatic carbocycles. The Bertz CT molecular complexity index is 370. The lowest BCUT2D eigenvalue weighted by Crippen LogP contribution is -2.14. The molecule has 0 aliphatic heterocycles. The minimum absolute atomic E-state index is 0.106. The van der Waals surface area contributed by atoms with Crippen LogP contribution in [0.3, 0.4) is 0 Å². The van der Waals surface area contributed by atoms with Gasteiger partial charge in [-0.25, -0.2) is 4.39 Å². The van der Waals surface area contributed by atoms with Gasteiger partial charge >= 0.3 is 0 Å². The highest BCUT2D eigenvalue weighted by atomic mass is 19.1. The molecule has 0 saturated carbocycles. The van der Waals surface area contributed by atoms with Crippen LogP contribution < -0.4 is 5.73 Å². The van der Waals surface area contributed by atoms with E-state index in [4.69, 9.17) is 10.8 Å². The van der Waals surface area contributed by atoms with Crippen LogP contribution in [0.5, 0.6) is 0 Å². The molecule has 0 amide bonds. The predicted molar refractivity (Wildman–Crippen MR) is 51.7 cm³/mol. The van der Waals surface area contributed by atoms with Crippen molar-refractivity contribution in [2.24, 2.45) is 5.73 Å². The molecule has 15 heavy (non-hydrogen) atoms. The molecule has 5 nitrogen and oxygen atoms in total. The van der Waals surface area contributed by atoms with Gasteiger partial charge in [0, 0.05) is 24.3 Å². The fourth-order valence-corrected chi connectivity index (χ4v) is 1.28. The van der Waals surface area contributed by atoms with Crippen molar-refractivity contribution >= 4 is 5.69 Å². The third kappa shape index (κ3) is 2.71. The molecule has 0 aliphatic rings. The summed E-state index contributed by atoms with van der Waals surface area (Å²) in [6.07, 6.45) is 0.157. The van der Waals surface area contributed by atoms with E-state index in [1.807, 2.05) is 0 Å². The zero-order valence-electron chi connectivity index (χ0n) is 7.89. The predicted octanol–water partition coefficient (Wildman–Crippen LogP) is 1.12. The molecule has 1 rings (SSSR count). The van der Waals surface area contributed by atoms with Crippen LogP contribution in [0.15, 0.2) is 18.2 Å². The molecule has 1 aromatic rings. The molecule has 0 heterocycles. The first-order valence-corrected chi connectivity index (χ1v) is 4.36. The zero-order chi connectivity index (χ0) is 11.4. The Kier molecular flexibility index (Phi) is 3.70. The van der Waals surface area contributed by atoms with E-state index in [1.54, 1.807) is 0 Å². The van der Waals surface area contributed by atoms with Crippen molar-refractivity contribution in [2.45, 2.75) is 12.5 Å². The van der Waals surface area contributed by atoms with Crippen LogP contribution in [0.4, 0.5) is 10.1 Å². The van der Waals surface area contributed by atoms with E-state index in [-0.39, 0.29) is 24.3 Å². The maximum absolute atomic E-state index is 12.9. The molecule has 3 N–H and O–H groups in total. The average molecular weight is 214 g/mol. The second-order valence-corrected chi connectivity index (χ2v) is 3.08. The van der Waals surface area contributed by atoms with Gasteiger partial charge in [-0.2, -0.15) is 0 Å². The number of halogens is 1. The summed E-state index contributed by atoms with van der Waals surface area (Å²) < 4.78 is 12.9. The maximum atomic E-state index is 12.9. The molecule has 0 saturated heterocycles. The number of rotatable bonds is 4. The van der Waals surface area contributed by atoms with Gasteiger partial charge in [-0.3, -0.25) is 10.1 Å². The van der Waals surface area contributed by atoms with E-state index in [9.17, 15) is 14.5 Å². The van der Waals surface area contributed by atoms with E-state index in [0.717, 1.165) is 18.2 Å². The lowest BCUT2D eigenvalue weighted by atomic mass is 10.0. The van der Waals surface area contributed by atoms with E-state index in [0.29, 0.717) is 0 Å². The van der Waals surface area contributed by atoms with E-state index < -0.39 is 16.8 Å². The normalized spacial score (nSPS) is 12.5. The molecular formula is C9H11FN2O3. The molecule has 1 unspecified atom stereocenters. The van der Waals surface area contributed by atoms with Gasteiger partial charge in [0.05, 0.1) is 4.92 Å². The number of nitrogens with zero attached hydrogens (tertiary/aromatic N) is 1. The van der Waals surface area contributed by atoms with Gasteiger partial charge < -0.3 is 10.8 Å². The van der Waals surface area contributed by atoms with Crippen LogP contribution >= 0.6 is 0 Å². The zero-order valence-corrected chi connectivity index (χ0v) is 7.89. The largest absolute Gasteiger partial charge is 0.396 e. The molecule has 1 aromatic carbocycles. The van der Waals surface area contributed by atoms with Gasteiger partial charge in [-0.1, -0.05) is 0 Å². The Balaban J connectivity index is 3.12. The van der Waals surface area contributed by atoms with Crippen molar-refractivity contribution in [1.29, 1.82) is 0 Å². The topological polar surface area (TPSA) is 89.4 Å². The summed E-state index contributed by atoms with van der Waals surface area (Å²) in [4.78, 5) is 9.99. The van der Waals surface area contributed by atoms with Gasteiger partial charge in [0.2, 0.25) is 0 Å². The monoisotopic (exact) mass is 214 g/mol. The standard InChI is InChI=1S/C9H11FN2O3/c10-6-1-2-9(12(14)15)7(5-6)8(11)3-4-13/h1-2,5,8,13H,3-4,11H2. The van der Waals surface area contributed by atoms with Crippen molar-refractivity contribution in [3.8, 4) is 0 Å². The third-order valence-corrected chi connectivity index (χ3v) is 2.03. The third-order valence-electron chi connectivity index (χ3n) is 2.03. The van der Waals surface area contributed by atoms with Crippen molar-refractivity contribution in [3.63, 3.8) is 0 Å². The van der Waals surface area contributed by atoms with Gasteiger partial charge in [-0.15, -0.1) is 0 Å². The summed E-state index contributed by atoms with van der Waals surface area (Å²) in [5.74, 6) is -0.580. The second-order valence-electron chi connectivity index (χ2n) is 3.08. The Morgan fingerprint density at radius 2 is 2.27 bits per heavy atom. The maximum Gasteiger partial charge on any atom is 0.274 e. The minimum atomic E-state index is -0.730.